The molecule has 0 bridgehead atoms. The fourth-order valence-electron chi connectivity index (χ4n) is 3.19. The standard InChI is InChI=1S/C12H22N4S/c1-11(2)7-6-8-12(3,4)16(11)15(5)10-14-13-9-17-10/h9H,6-8H2,1-5H3. The average Bonchev–Trinajstić information content (AvgIpc) is 2.66. The highest BCUT2D eigenvalue weighted by Gasteiger charge is 2.44. The zero-order valence-electron chi connectivity index (χ0n) is 11.4. The second-order valence-corrected chi connectivity index (χ2v) is 6.85. The molecule has 1 aromatic rings. The van der Waals surface area contributed by atoms with Crippen LogP contribution in [0.1, 0.15) is 47.0 Å². The van der Waals surface area contributed by atoms with Crippen molar-refractivity contribution in [1.29, 1.82) is 0 Å². The van der Waals surface area contributed by atoms with E-state index in [0.29, 0.717) is 0 Å². The Morgan fingerprint density at radius 3 is 2.29 bits per heavy atom. The summed E-state index contributed by atoms with van der Waals surface area (Å²) < 4.78 is 0. The van der Waals surface area contributed by atoms with Crippen LogP contribution in [-0.2, 0) is 0 Å². The van der Waals surface area contributed by atoms with Crippen LogP contribution in [0.2, 0.25) is 0 Å². The van der Waals surface area contributed by atoms with Gasteiger partial charge in [-0.25, -0.2) is 5.01 Å². The number of piperidine rings is 1. The SMILES string of the molecule is CN(c1nncs1)N1C(C)(C)CCCC1(C)C. The van der Waals surface area contributed by atoms with Gasteiger partial charge in [-0.1, -0.05) is 11.3 Å². The molecule has 0 aliphatic carbocycles. The van der Waals surface area contributed by atoms with Gasteiger partial charge in [-0.15, -0.1) is 10.2 Å². The molecule has 1 saturated heterocycles. The summed E-state index contributed by atoms with van der Waals surface area (Å²) in [7, 11) is 2.09. The first-order chi connectivity index (χ1) is 7.84. The van der Waals surface area contributed by atoms with Gasteiger partial charge in [-0.3, -0.25) is 5.01 Å². The van der Waals surface area contributed by atoms with Crippen LogP contribution in [0.25, 0.3) is 0 Å². The van der Waals surface area contributed by atoms with Crippen LogP contribution in [0, 0.1) is 0 Å². The first-order valence-corrected chi connectivity index (χ1v) is 7.03. The Hall–Kier alpha value is -0.680. The monoisotopic (exact) mass is 254 g/mol. The first kappa shape index (κ1) is 12.8. The highest BCUT2D eigenvalue weighted by molar-refractivity contribution is 7.13. The van der Waals surface area contributed by atoms with Crippen molar-refractivity contribution >= 4 is 16.5 Å². The fourth-order valence-corrected chi connectivity index (χ4v) is 3.71. The van der Waals surface area contributed by atoms with Gasteiger partial charge in [0.15, 0.2) is 0 Å². The maximum absolute atomic E-state index is 4.18. The topological polar surface area (TPSA) is 32.3 Å². The van der Waals surface area contributed by atoms with E-state index in [9.17, 15) is 0 Å². The maximum atomic E-state index is 4.18. The van der Waals surface area contributed by atoms with Gasteiger partial charge in [0.1, 0.15) is 5.51 Å². The predicted octanol–water partition coefficient (Wildman–Crippen LogP) is 2.93. The number of aromatic nitrogens is 2. The second-order valence-electron chi connectivity index (χ2n) is 6.04. The first-order valence-electron chi connectivity index (χ1n) is 6.15. The Balaban J connectivity index is 2.32. The quantitative estimate of drug-likeness (QED) is 0.812. The molecule has 5 heteroatoms. The summed E-state index contributed by atoms with van der Waals surface area (Å²) in [5.41, 5.74) is 2.13. The number of nitrogens with zero attached hydrogens (tertiary/aromatic N) is 4. The maximum Gasteiger partial charge on any atom is 0.222 e. The van der Waals surface area contributed by atoms with E-state index in [1.54, 1.807) is 16.8 Å². The third-order valence-electron chi connectivity index (χ3n) is 3.65. The Morgan fingerprint density at radius 1 is 1.24 bits per heavy atom. The lowest BCUT2D eigenvalue weighted by Crippen LogP contribution is -2.64. The molecular weight excluding hydrogens is 232 g/mol. The molecule has 96 valence electrons. The molecule has 0 unspecified atom stereocenters. The molecule has 4 nitrogen and oxygen atoms in total. The van der Waals surface area contributed by atoms with Crippen LogP contribution >= 0.6 is 11.3 Å². The molecule has 2 rings (SSSR count). The second kappa shape index (κ2) is 4.21. The van der Waals surface area contributed by atoms with Gasteiger partial charge in [-0.05, 0) is 47.0 Å². The number of hydrogen-bond donors (Lipinski definition) is 0. The third kappa shape index (κ3) is 2.31. The predicted molar refractivity (Wildman–Crippen MR) is 72.2 cm³/mol. The molecule has 1 aliphatic rings. The Kier molecular flexibility index (Phi) is 3.16. The Labute approximate surface area is 108 Å². The zero-order valence-corrected chi connectivity index (χ0v) is 12.2. The van der Waals surface area contributed by atoms with Crippen molar-refractivity contribution in [2.75, 3.05) is 12.1 Å². The lowest BCUT2D eigenvalue weighted by molar-refractivity contribution is -0.0326. The molecule has 17 heavy (non-hydrogen) atoms. The van der Waals surface area contributed by atoms with Crippen LogP contribution in [0.5, 0.6) is 0 Å². The lowest BCUT2D eigenvalue weighted by Gasteiger charge is -2.55. The molecule has 0 saturated carbocycles. The van der Waals surface area contributed by atoms with Gasteiger partial charge in [0, 0.05) is 18.1 Å². The highest BCUT2D eigenvalue weighted by atomic mass is 32.1. The molecule has 0 atom stereocenters. The van der Waals surface area contributed by atoms with Gasteiger partial charge in [0.25, 0.3) is 0 Å². The molecule has 0 amide bonds. The lowest BCUT2D eigenvalue weighted by atomic mass is 9.81. The minimum atomic E-state index is 0.169. The van der Waals surface area contributed by atoms with Crippen molar-refractivity contribution < 1.29 is 0 Å². The summed E-state index contributed by atoms with van der Waals surface area (Å²) >= 11 is 1.59. The summed E-state index contributed by atoms with van der Waals surface area (Å²) in [6.07, 6.45) is 3.74. The summed E-state index contributed by atoms with van der Waals surface area (Å²) in [5.74, 6) is 0. The summed E-state index contributed by atoms with van der Waals surface area (Å²) in [5, 5.41) is 13.7. The fraction of sp³-hybridized carbons (Fsp3) is 0.833. The van der Waals surface area contributed by atoms with Crippen LogP contribution in [-0.4, -0.2) is 33.3 Å². The number of anilines is 1. The van der Waals surface area contributed by atoms with Crippen molar-refractivity contribution in [1.82, 2.24) is 15.2 Å². The Bertz CT molecular complexity index is 356. The average molecular weight is 254 g/mol. The molecule has 1 aliphatic heterocycles. The minimum Gasteiger partial charge on any atom is -0.282 e. The van der Waals surface area contributed by atoms with E-state index < -0.39 is 0 Å². The number of hydrogen-bond acceptors (Lipinski definition) is 5. The molecule has 0 aromatic carbocycles. The number of rotatable bonds is 2. The summed E-state index contributed by atoms with van der Waals surface area (Å²) in [6.45, 7) is 9.24. The molecule has 1 fully saturated rings. The molecule has 0 radical (unpaired) electrons. The van der Waals surface area contributed by atoms with E-state index >= 15 is 0 Å². The van der Waals surface area contributed by atoms with Crippen LogP contribution in [0.4, 0.5) is 5.13 Å². The van der Waals surface area contributed by atoms with E-state index in [-0.39, 0.29) is 11.1 Å². The largest absolute Gasteiger partial charge is 0.282 e. The smallest absolute Gasteiger partial charge is 0.222 e. The van der Waals surface area contributed by atoms with E-state index in [1.165, 1.54) is 19.3 Å². The van der Waals surface area contributed by atoms with Gasteiger partial charge in [0.05, 0.1) is 0 Å². The minimum absolute atomic E-state index is 0.169. The summed E-state index contributed by atoms with van der Waals surface area (Å²) in [6, 6.07) is 0. The van der Waals surface area contributed by atoms with E-state index in [2.05, 4.69) is 55.0 Å². The van der Waals surface area contributed by atoms with Crippen molar-refractivity contribution in [2.24, 2.45) is 0 Å². The molecule has 2 heterocycles. The number of hydrazine groups is 1. The zero-order chi connectivity index (χ0) is 12.7. The molecule has 0 N–H and O–H groups in total. The normalized spacial score (nSPS) is 23.6. The van der Waals surface area contributed by atoms with Gasteiger partial charge >= 0.3 is 0 Å². The molecular formula is C12H22N4S. The van der Waals surface area contributed by atoms with Gasteiger partial charge in [0.2, 0.25) is 5.13 Å². The van der Waals surface area contributed by atoms with Crippen molar-refractivity contribution in [3.63, 3.8) is 0 Å². The molecule has 0 spiro atoms. The van der Waals surface area contributed by atoms with Crippen molar-refractivity contribution in [2.45, 2.75) is 58.0 Å². The van der Waals surface area contributed by atoms with Crippen LogP contribution in [0.15, 0.2) is 5.51 Å². The van der Waals surface area contributed by atoms with Crippen molar-refractivity contribution in [3.8, 4) is 0 Å². The third-order valence-corrected chi connectivity index (χ3v) is 4.41. The summed E-state index contributed by atoms with van der Waals surface area (Å²) in [4.78, 5) is 0. The molecule has 1 aromatic heterocycles. The highest BCUT2D eigenvalue weighted by Crippen LogP contribution is 2.40. The van der Waals surface area contributed by atoms with Crippen LogP contribution in [0.3, 0.4) is 0 Å². The van der Waals surface area contributed by atoms with E-state index in [4.69, 9.17) is 0 Å². The van der Waals surface area contributed by atoms with Gasteiger partial charge in [-0.2, -0.15) is 0 Å². The van der Waals surface area contributed by atoms with Gasteiger partial charge < -0.3 is 0 Å². The van der Waals surface area contributed by atoms with Crippen molar-refractivity contribution in [3.05, 3.63) is 5.51 Å². The van der Waals surface area contributed by atoms with E-state index in [0.717, 1.165) is 5.13 Å². The Morgan fingerprint density at radius 2 is 1.82 bits per heavy atom. The van der Waals surface area contributed by atoms with Crippen LogP contribution < -0.4 is 5.01 Å². The van der Waals surface area contributed by atoms with E-state index in [1.807, 2.05) is 0 Å².